The van der Waals surface area contributed by atoms with Crippen molar-refractivity contribution in [3.05, 3.63) is 0 Å². The van der Waals surface area contributed by atoms with Crippen LogP contribution in [0, 0.1) is 10.7 Å². The van der Waals surface area contributed by atoms with Crippen molar-refractivity contribution in [2.24, 2.45) is 0 Å². The third-order valence-electron chi connectivity index (χ3n) is 0. The number of rotatable bonds is 0. The molecule has 0 aromatic rings. The Bertz CT molecular complexity index is 29.5. The molecule has 0 aliphatic rings. The first-order valence-electron chi connectivity index (χ1n) is 0.447. The number of hydrogen-bond acceptors (Lipinski definition) is 2. The van der Waals surface area contributed by atoms with Crippen molar-refractivity contribution in [2.75, 3.05) is 0 Å². The van der Waals surface area contributed by atoms with Gasteiger partial charge < -0.3 is 0 Å². The van der Waals surface area contributed by atoms with Crippen LogP contribution >= 0.6 is 12.6 Å². The second-order valence-corrected chi connectivity index (χ2v) is 0.300. The van der Waals surface area contributed by atoms with Gasteiger partial charge in [0.25, 0.3) is 0 Å². The Morgan fingerprint density at radius 3 is 1.75 bits per heavy atom. The van der Waals surface area contributed by atoms with E-state index in [1.807, 2.05) is 0 Å². The van der Waals surface area contributed by atoms with E-state index >= 15 is 0 Å². The Labute approximate surface area is 60.4 Å². The predicted octanol–water partition coefficient (Wildman–Crippen LogP) is -0.519. The zero-order valence-corrected chi connectivity index (χ0v) is 2.29. The molecule has 0 radical (unpaired) electrons. The Balaban J connectivity index is 0. The molecule has 0 aliphatic heterocycles. The molecule has 0 aromatic carbocycles. The quantitative estimate of drug-likeness (QED) is 0.248. The monoisotopic (exact) mass is 101 g/mol. The Hall–Kier alpha value is 1.10. The maximum atomic E-state index is 7.18. The average Bonchev–Trinajstić information content (AvgIpc) is 0.918. The van der Waals surface area contributed by atoms with Crippen LogP contribution in [-0.4, -0.2) is 37.7 Å². The van der Waals surface area contributed by atoms with Crippen LogP contribution in [0.4, 0.5) is 0 Å². The number of thiocyanates is 1. The van der Waals surface area contributed by atoms with Crippen LogP contribution in [0.25, 0.3) is 0 Å². The third kappa shape index (κ3) is 11.3. The second kappa shape index (κ2) is 8.93. The SMILES string of the molecule is N#CS.[CaH2]. The van der Waals surface area contributed by atoms with E-state index in [1.165, 1.54) is 5.40 Å². The van der Waals surface area contributed by atoms with E-state index in [2.05, 4.69) is 12.6 Å². The number of thiol groups is 1. The predicted molar refractivity (Wildman–Crippen MR) is 23.1 cm³/mol. The van der Waals surface area contributed by atoms with Crippen LogP contribution in [0.1, 0.15) is 0 Å². The average molecular weight is 101 g/mol. The van der Waals surface area contributed by atoms with Gasteiger partial charge in [-0.1, -0.05) is 12.6 Å². The fourth-order valence-electron chi connectivity index (χ4n) is 0. The molecule has 0 heterocycles. The molecule has 0 unspecified atom stereocenters. The number of hydrogen-bond donors (Lipinski definition) is 1. The van der Waals surface area contributed by atoms with Gasteiger partial charge in [-0.2, -0.15) is 5.26 Å². The van der Waals surface area contributed by atoms with Crippen LogP contribution in [0.15, 0.2) is 0 Å². The fourth-order valence-corrected chi connectivity index (χ4v) is 0. The molecule has 0 fully saturated rings. The van der Waals surface area contributed by atoms with Gasteiger partial charge in [-0.15, -0.1) is 0 Å². The van der Waals surface area contributed by atoms with E-state index in [0.29, 0.717) is 0 Å². The van der Waals surface area contributed by atoms with Crippen molar-refractivity contribution < 1.29 is 0 Å². The molecule has 0 saturated heterocycles. The summed E-state index contributed by atoms with van der Waals surface area (Å²) < 4.78 is 0. The summed E-state index contributed by atoms with van der Waals surface area (Å²) in [5.41, 5.74) is 0. The minimum absolute atomic E-state index is 0. The van der Waals surface area contributed by atoms with Crippen molar-refractivity contribution in [1.82, 2.24) is 0 Å². The molecule has 0 bridgehead atoms. The van der Waals surface area contributed by atoms with Crippen molar-refractivity contribution in [3.8, 4) is 5.40 Å². The molecule has 4 heavy (non-hydrogen) atoms. The second-order valence-electron chi connectivity index (χ2n) is 0.100. The molecule has 1 nitrogen and oxygen atoms in total. The van der Waals surface area contributed by atoms with Crippen LogP contribution in [0.3, 0.4) is 0 Å². The van der Waals surface area contributed by atoms with Gasteiger partial charge in [-0.25, -0.2) is 0 Å². The van der Waals surface area contributed by atoms with Gasteiger partial charge in [0.05, 0.1) is 0 Å². The molecule has 0 rings (SSSR count). The molecule has 0 N–H and O–H groups in total. The summed E-state index contributed by atoms with van der Waals surface area (Å²) in [5, 5.41) is 8.63. The van der Waals surface area contributed by atoms with E-state index in [0.717, 1.165) is 0 Å². The standard InChI is InChI=1S/CHNS.Ca.2H/c2-1-3;;;/h3H;;;. The number of nitrogens with zero attached hydrogens (tertiary/aromatic N) is 1. The Morgan fingerprint density at radius 1 is 1.75 bits per heavy atom. The topological polar surface area (TPSA) is 23.8 Å². The zero-order valence-electron chi connectivity index (χ0n) is 1.39. The summed E-state index contributed by atoms with van der Waals surface area (Å²) in [5.74, 6) is 0. The van der Waals surface area contributed by atoms with E-state index in [9.17, 15) is 0 Å². The molecular formula is CH3CaNS. The van der Waals surface area contributed by atoms with Gasteiger partial charge in [-0.3, -0.25) is 0 Å². The fraction of sp³-hybridized carbons (Fsp3) is 0. The third-order valence-corrected chi connectivity index (χ3v) is 0. The molecule has 0 spiro atoms. The summed E-state index contributed by atoms with van der Waals surface area (Å²) >= 11 is 3.09. The summed E-state index contributed by atoms with van der Waals surface area (Å²) in [6.45, 7) is 0. The minimum atomic E-state index is 0. The maximum absolute atomic E-state index is 7.18. The van der Waals surface area contributed by atoms with Crippen molar-refractivity contribution in [3.63, 3.8) is 0 Å². The van der Waals surface area contributed by atoms with Gasteiger partial charge in [0, 0.05) is 0 Å². The first-order valence-corrected chi connectivity index (χ1v) is 0.894. The van der Waals surface area contributed by atoms with E-state index < -0.39 is 0 Å². The Kier molecular flexibility index (Phi) is 19.9. The number of nitriles is 1. The van der Waals surface area contributed by atoms with E-state index in [4.69, 9.17) is 5.26 Å². The van der Waals surface area contributed by atoms with Gasteiger partial charge >= 0.3 is 37.7 Å². The van der Waals surface area contributed by atoms with Crippen LogP contribution in [-0.2, 0) is 0 Å². The first-order chi connectivity index (χ1) is 1.41. The van der Waals surface area contributed by atoms with E-state index in [-0.39, 0.29) is 37.7 Å². The zero-order chi connectivity index (χ0) is 2.71. The van der Waals surface area contributed by atoms with Gasteiger partial charge in [0.15, 0.2) is 0 Å². The summed E-state index contributed by atoms with van der Waals surface area (Å²) in [6, 6.07) is 0. The molecular weight excluding hydrogens is 98.2 g/mol. The van der Waals surface area contributed by atoms with Gasteiger partial charge in [-0.05, 0) is 0 Å². The summed E-state index contributed by atoms with van der Waals surface area (Å²) in [6.07, 6.45) is 0. The first kappa shape index (κ1) is 8.92. The molecule has 0 aliphatic carbocycles. The van der Waals surface area contributed by atoms with Crippen molar-refractivity contribution in [2.45, 2.75) is 0 Å². The van der Waals surface area contributed by atoms with Crippen LogP contribution in [0.5, 0.6) is 0 Å². The van der Waals surface area contributed by atoms with Crippen LogP contribution in [0.2, 0.25) is 0 Å². The van der Waals surface area contributed by atoms with Crippen LogP contribution < -0.4 is 0 Å². The van der Waals surface area contributed by atoms with Gasteiger partial charge in [0.1, 0.15) is 5.40 Å². The summed E-state index contributed by atoms with van der Waals surface area (Å²) in [7, 11) is 0. The Morgan fingerprint density at radius 2 is 1.75 bits per heavy atom. The molecule has 20 valence electrons. The van der Waals surface area contributed by atoms with E-state index in [1.54, 1.807) is 0 Å². The molecule has 3 heteroatoms. The normalized spacial score (nSPS) is 2.00. The summed E-state index contributed by atoms with van der Waals surface area (Å²) in [4.78, 5) is 0. The van der Waals surface area contributed by atoms with Crippen molar-refractivity contribution >= 4 is 50.4 Å². The molecule has 0 amide bonds. The van der Waals surface area contributed by atoms with Gasteiger partial charge in [0.2, 0.25) is 0 Å². The molecule has 0 aromatic heterocycles. The molecule has 0 saturated carbocycles. The van der Waals surface area contributed by atoms with Crippen molar-refractivity contribution in [1.29, 1.82) is 5.26 Å². The molecule has 0 atom stereocenters.